The summed E-state index contributed by atoms with van der Waals surface area (Å²) >= 11 is 0. The molecular formula is C24H23N3O. The molecule has 0 radical (unpaired) electrons. The van der Waals surface area contributed by atoms with E-state index in [4.69, 9.17) is 0 Å². The van der Waals surface area contributed by atoms with Crippen LogP contribution in [-0.4, -0.2) is 19.0 Å². The van der Waals surface area contributed by atoms with Crippen LogP contribution in [0.25, 0.3) is 11.1 Å². The summed E-state index contributed by atoms with van der Waals surface area (Å²) in [4.78, 5) is 15.0. The van der Waals surface area contributed by atoms with Crippen molar-refractivity contribution in [2.45, 2.75) is 13.8 Å². The quantitative estimate of drug-likeness (QED) is 0.639. The molecule has 0 aliphatic heterocycles. The molecule has 0 unspecified atom stereocenters. The van der Waals surface area contributed by atoms with E-state index in [1.165, 1.54) is 0 Å². The van der Waals surface area contributed by atoms with Crippen LogP contribution in [0, 0.1) is 11.3 Å². The van der Waals surface area contributed by atoms with Gasteiger partial charge in [-0.3, -0.25) is 4.79 Å². The van der Waals surface area contributed by atoms with Gasteiger partial charge in [-0.05, 0) is 55.3 Å². The lowest BCUT2D eigenvalue weighted by atomic mass is 10.0. The fourth-order valence-electron chi connectivity index (χ4n) is 3.18. The second kappa shape index (κ2) is 8.88. The van der Waals surface area contributed by atoms with Crippen molar-refractivity contribution in [3.05, 3.63) is 83.9 Å². The van der Waals surface area contributed by atoms with Gasteiger partial charge in [0.25, 0.3) is 5.91 Å². The average molecular weight is 369 g/mol. The zero-order valence-electron chi connectivity index (χ0n) is 16.1. The van der Waals surface area contributed by atoms with Gasteiger partial charge < -0.3 is 10.2 Å². The highest BCUT2D eigenvalue weighted by molar-refractivity contribution is 6.05. The molecule has 0 aliphatic rings. The van der Waals surface area contributed by atoms with Gasteiger partial charge >= 0.3 is 0 Å². The van der Waals surface area contributed by atoms with Crippen LogP contribution in [0.1, 0.15) is 29.8 Å². The average Bonchev–Trinajstić information content (AvgIpc) is 2.75. The van der Waals surface area contributed by atoms with Crippen LogP contribution in [0.15, 0.2) is 72.8 Å². The molecule has 0 aliphatic carbocycles. The molecular weight excluding hydrogens is 346 g/mol. The first-order chi connectivity index (χ1) is 13.7. The highest BCUT2D eigenvalue weighted by atomic mass is 16.1. The van der Waals surface area contributed by atoms with Gasteiger partial charge in [0.05, 0.1) is 11.3 Å². The summed E-state index contributed by atoms with van der Waals surface area (Å²) in [7, 11) is 0. The normalized spacial score (nSPS) is 10.2. The fourth-order valence-corrected chi connectivity index (χ4v) is 3.18. The van der Waals surface area contributed by atoms with E-state index in [1.807, 2.05) is 60.7 Å². The Labute approximate surface area is 166 Å². The molecule has 0 atom stereocenters. The maximum absolute atomic E-state index is 12.8. The highest BCUT2D eigenvalue weighted by Crippen LogP contribution is 2.26. The minimum Gasteiger partial charge on any atom is -0.372 e. The van der Waals surface area contributed by atoms with Gasteiger partial charge in [-0.15, -0.1) is 0 Å². The minimum absolute atomic E-state index is 0.226. The Hall–Kier alpha value is -3.58. The van der Waals surface area contributed by atoms with Crippen molar-refractivity contribution in [1.82, 2.24) is 0 Å². The standard InChI is InChI=1S/C24H23N3O/c1-3-27(4-2)22-12-8-11-20(15-22)24(28)26-23-16-19(13-14-21(23)17-25)18-9-6-5-7-10-18/h5-16H,3-4H2,1-2H3,(H,26,28). The number of nitrogens with one attached hydrogen (secondary N) is 1. The molecule has 3 rings (SSSR count). The van der Waals surface area contributed by atoms with Crippen molar-refractivity contribution in [2.24, 2.45) is 0 Å². The third kappa shape index (κ3) is 4.21. The summed E-state index contributed by atoms with van der Waals surface area (Å²) in [5, 5.41) is 12.3. The van der Waals surface area contributed by atoms with Crippen LogP contribution in [0.5, 0.6) is 0 Å². The first-order valence-electron chi connectivity index (χ1n) is 9.42. The first-order valence-corrected chi connectivity index (χ1v) is 9.42. The van der Waals surface area contributed by atoms with Gasteiger partial charge in [-0.2, -0.15) is 5.26 Å². The monoisotopic (exact) mass is 369 g/mol. The first kappa shape index (κ1) is 19.2. The molecule has 3 aromatic rings. The van der Waals surface area contributed by atoms with Gasteiger partial charge in [0.15, 0.2) is 0 Å². The Bertz CT molecular complexity index is 1000. The third-order valence-corrected chi connectivity index (χ3v) is 4.73. The van der Waals surface area contributed by atoms with Crippen LogP contribution in [0.4, 0.5) is 11.4 Å². The van der Waals surface area contributed by atoms with Crippen molar-refractivity contribution < 1.29 is 4.79 Å². The highest BCUT2D eigenvalue weighted by Gasteiger charge is 2.12. The second-order valence-corrected chi connectivity index (χ2v) is 6.41. The Morgan fingerprint density at radius 1 is 0.929 bits per heavy atom. The van der Waals surface area contributed by atoms with Crippen LogP contribution in [-0.2, 0) is 0 Å². The SMILES string of the molecule is CCN(CC)c1cccc(C(=O)Nc2cc(-c3ccccc3)ccc2C#N)c1. The van der Waals surface area contributed by atoms with E-state index in [0.29, 0.717) is 16.8 Å². The Balaban J connectivity index is 1.90. The predicted molar refractivity (Wildman–Crippen MR) is 115 cm³/mol. The number of anilines is 2. The van der Waals surface area contributed by atoms with Crippen molar-refractivity contribution in [3.8, 4) is 17.2 Å². The molecule has 0 fully saturated rings. The van der Waals surface area contributed by atoms with Gasteiger partial charge in [0.1, 0.15) is 6.07 Å². The van der Waals surface area contributed by atoms with Crippen LogP contribution >= 0.6 is 0 Å². The molecule has 4 nitrogen and oxygen atoms in total. The molecule has 0 heterocycles. The maximum atomic E-state index is 12.8. The van der Waals surface area contributed by atoms with Gasteiger partial charge in [-0.1, -0.05) is 42.5 Å². The smallest absolute Gasteiger partial charge is 0.255 e. The van der Waals surface area contributed by atoms with Gasteiger partial charge in [0.2, 0.25) is 0 Å². The largest absolute Gasteiger partial charge is 0.372 e. The van der Waals surface area contributed by atoms with E-state index >= 15 is 0 Å². The molecule has 0 bridgehead atoms. The molecule has 28 heavy (non-hydrogen) atoms. The molecule has 0 aromatic heterocycles. The Morgan fingerprint density at radius 3 is 2.36 bits per heavy atom. The lowest BCUT2D eigenvalue weighted by Gasteiger charge is -2.21. The molecule has 1 N–H and O–H groups in total. The molecule has 0 spiro atoms. The fraction of sp³-hybridized carbons (Fsp3) is 0.167. The number of rotatable bonds is 6. The summed E-state index contributed by atoms with van der Waals surface area (Å²) < 4.78 is 0. The van der Waals surface area contributed by atoms with Crippen molar-refractivity contribution in [3.63, 3.8) is 0 Å². The predicted octanol–water partition coefficient (Wildman–Crippen LogP) is 5.32. The van der Waals surface area contributed by atoms with E-state index in [0.717, 1.165) is 29.9 Å². The Morgan fingerprint density at radius 2 is 1.68 bits per heavy atom. The molecule has 3 aromatic carbocycles. The van der Waals surface area contributed by atoms with Gasteiger partial charge in [0, 0.05) is 24.3 Å². The number of nitriles is 1. The zero-order valence-corrected chi connectivity index (χ0v) is 16.1. The summed E-state index contributed by atoms with van der Waals surface area (Å²) in [6, 6.07) is 25.1. The number of hydrogen-bond donors (Lipinski definition) is 1. The molecule has 0 saturated carbocycles. The van der Waals surface area contributed by atoms with E-state index in [1.54, 1.807) is 12.1 Å². The lowest BCUT2D eigenvalue weighted by molar-refractivity contribution is 0.102. The topological polar surface area (TPSA) is 56.1 Å². The molecule has 140 valence electrons. The zero-order chi connectivity index (χ0) is 19.9. The number of hydrogen-bond acceptors (Lipinski definition) is 3. The summed E-state index contributed by atoms with van der Waals surface area (Å²) in [6.07, 6.45) is 0. The van der Waals surface area contributed by atoms with Crippen LogP contribution in [0.2, 0.25) is 0 Å². The minimum atomic E-state index is -0.226. The summed E-state index contributed by atoms with van der Waals surface area (Å²) in [5.74, 6) is -0.226. The number of carbonyl (C=O) groups is 1. The third-order valence-electron chi connectivity index (χ3n) is 4.73. The van der Waals surface area contributed by atoms with E-state index < -0.39 is 0 Å². The van der Waals surface area contributed by atoms with Gasteiger partial charge in [-0.25, -0.2) is 0 Å². The van der Waals surface area contributed by atoms with Crippen LogP contribution in [0.3, 0.4) is 0 Å². The number of carbonyl (C=O) groups excluding carboxylic acids is 1. The van der Waals surface area contributed by atoms with Crippen molar-refractivity contribution in [2.75, 3.05) is 23.3 Å². The Kier molecular flexibility index (Phi) is 6.08. The van der Waals surface area contributed by atoms with Crippen LogP contribution < -0.4 is 10.2 Å². The second-order valence-electron chi connectivity index (χ2n) is 6.41. The molecule has 0 saturated heterocycles. The summed E-state index contributed by atoms with van der Waals surface area (Å²) in [5.41, 5.74) is 4.52. The lowest BCUT2D eigenvalue weighted by Crippen LogP contribution is -2.22. The van der Waals surface area contributed by atoms with E-state index in [2.05, 4.69) is 30.1 Å². The van der Waals surface area contributed by atoms with Crippen molar-refractivity contribution in [1.29, 1.82) is 5.26 Å². The maximum Gasteiger partial charge on any atom is 0.255 e. The number of benzene rings is 3. The number of nitrogens with zero attached hydrogens (tertiary/aromatic N) is 2. The van der Waals surface area contributed by atoms with E-state index in [-0.39, 0.29) is 5.91 Å². The van der Waals surface area contributed by atoms with Crippen molar-refractivity contribution >= 4 is 17.3 Å². The summed E-state index contributed by atoms with van der Waals surface area (Å²) in [6.45, 7) is 5.92. The van der Waals surface area contributed by atoms with E-state index in [9.17, 15) is 10.1 Å². The molecule has 4 heteroatoms. The molecule has 1 amide bonds. The number of amides is 1.